The predicted octanol–water partition coefficient (Wildman–Crippen LogP) is 5.54. The lowest BCUT2D eigenvalue weighted by atomic mass is 9.97. The van der Waals surface area contributed by atoms with Crippen molar-refractivity contribution in [2.45, 2.75) is 26.0 Å². The van der Waals surface area contributed by atoms with E-state index >= 15 is 0 Å². The van der Waals surface area contributed by atoms with Crippen LogP contribution in [0.3, 0.4) is 0 Å². The number of rotatable bonds is 4. The van der Waals surface area contributed by atoms with E-state index in [0.29, 0.717) is 6.04 Å². The third-order valence-electron chi connectivity index (χ3n) is 4.83. The van der Waals surface area contributed by atoms with Crippen molar-refractivity contribution in [3.05, 3.63) is 65.1 Å². The Morgan fingerprint density at radius 3 is 2.72 bits per heavy atom. The molecule has 0 aliphatic carbocycles. The molecular weight excluding hydrogens is 374 g/mol. The summed E-state index contributed by atoms with van der Waals surface area (Å²) in [7, 11) is 0. The topological polar surface area (TPSA) is 12.5 Å². The van der Waals surface area contributed by atoms with Crippen LogP contribution < -0.4 is 4.74 Å². The summed E-state index contributed by atoms with van der Waals surface area (Å²) in [5.74, 6) is 0.926. The van der Waals surface area contributed by atoms with E-state index in [9.17, 15) is 0 Å². The summed E-state index contributed by atoms with van der Waals surface area (Å²) in [5.41, 5.74) is 2.20. The Kier molecular flexibility index (Phi) is 4.53. The fourth-order valence-corrected chi connectivity index (χ4v) is 3.67. The summed E-state index contributed by atoms with van der Waals surface area (Å²) >= 11 is 3.58. The third kappa shape index (κ3) is 3.31. The highest BCUT2D eigenvalue weighted by Gasteiger charge is 2.30. The van der Waals surface area contributed by atoms with E-state index in [1.54, 1.807) is 0 Å². The van der Waals surface area contributed by atoms with Gasteiger partial charge in [0.1, 0.15) is 11.9 Å². The van der Waals surface area contributed by atoms with Gasteiger partial charge in [-0.2, -0.15) is 0 Å². The molecule has 1 heterocycles. The first-order chi connectivity index (χ1) is 12.1. The van der Waals surface area contributed by atoms with Crippen LogP contribution >= 0.6 is 15.9 Å². The molecule has 1 saturated heterocycles. The van der Waals surface area contributed by atoms with E-state index in [4.69, 9.17) is 4.74 Å². The Morgan fingerprint density at radius 1 is 1.12 bits per heavy atom. The lowest BCUT2D eigenvalue weighted by Gasteiger charge is -2.41. The molecule has 3 heteroatoms. The molecule has 0 N–H and O–H groups in total. The molecule has 25 heavy (non-hydrogen) atoms. The van der Waals surface area contributed by atoms with Crippen molar-refractivity contribution in [3.63, 3.8) is 0 Å². The zero-order valence-electron chi connectivity index (χ0n) is 14.5. The molecule has 0 atom stereocenters. The lowest BCUT2D eigenvalue weighted by molar-refractivity contribution is 0.000440. The minimum absolute atomic E-state index is 0.255. The highest BCUT2D eigenvalue weighted by atomic mass is 79.9. The Bertz CT molecular complexity index is 894. The maximum atomic E-state index is 6.35. The minimum Gasteiger partial charge on any atom is -0.487 e. The van der Waals surface area contributed by atoms with Crippen LogP contribution in [0.1, 0.15) is 13.8 Å². The summed E-state index contributed by atoms with van der Waals surface area (Å²) in [6, 6.07) is 22.8. The second kappa shape index (κ2) is 6.81. The van der Waals surface area contributed by atoms with Crippen molar-refractivity contribution in [2.75, 3.05) is 13.1 Å². The summed E-state index contributed by atoms with van der Waals surface area (Å²) in [5, 5.41) is 2.43. The Labute approximate surface area is 157 Å². The molecule has 1 fully saturated rings. The number of halogens is 1. The van der Waals surface area contributed by atoms with Crippen LogP contribution in [0.5, 0.6) is 5.75 Å². The average molecular weight is 395 g/mol. The van der Waals surface area contributed by atoms with Crippen molar-refractivity contribution in [1.29, 1.82) is 0 Å². The smallest absolute Gasteiger partial charge is 0.128 e. The summed E-state index contributed by atoms with van der Waals surface area (Å²) < 4.78 is 7.39. The zero-order chi connectivity index (χ0) is 17.4. The molecule has 0 bridgehead atoms. The van der Waals surface area contributed by atoms with Crippen molar-refractivity contribution >= 4 is 26.7 Å². The largest absolute Gasteiger partial charge is 0.487 e. The molecule has 1 aliphatic rings. The van der Waals surface area contributed by atoms with Crippen LogP contribution in [-0.4, -0.2) is 30.1 Å². The van der Waals surface area contributed by atoms with Gasteiger partial charge < -0.3 is 4.74 Å². The summed E-state index contributed by atoms with van der Waals surface area (Å²) in [6.45, 7) is 6.43. The number of ether oxygens (including phenoxy) is 1. The van der Waals surface area contributed by atoms with Crippen LogP contribution in [0.15, 0.2) is 59.1 Å². The van der Waals surface area contributed by atoms with Crippen molar-refractivity contribution in [2.24, 2.45) is 0 Å². The van der Waals surface area contributed by atoms with E-state index in [1.807, 2.05) is 6.07 Å². The van der Waals surface area contributed by atoms with E-state index in [2.05, 4.69) is 89.3 Å². The highest BCUT2D eigenvalue weighted by molar-refractivity contribution is 9.10. The molecule has 0 unspecified atom stereocenters. The molecule has 0 aromatic heterocycles. The molecule has 127 valence electrons. The van der Waals surface area contributed by atoms with Gasteiger partial charge in [-0.25, -0.2) is 0 Å². The average Bonchev–Trinajstić information content (AvgIpc) is 2.57. The Hall–Kier alpha value is -1.84. The maximum Gasteiger partial charge on any atom is 0.128 e. The van der Waals surface area contributed by atoms with Crippen molar-refractivity contribution < 1.29 is 4.74 Å². The zero-order valence-corrected chi connectivity index (χ0v) is 16.1. The van der Waals surface area contributed by atoms with Gasteiger partial charge in [0, 0.05) is 34.7 Å². The normalized spacial score (nSPS) is 15.5. The van der Waals surface area contributed by atoms with Crippen LogP contribution in [0.25, 0.3) is 21.9 Å². The molecular formula is C22H21BrNO. The van der Waals surface area contributed by atoms with Crippen LogP contribution in [0, 0.1) is 6.07 Å². The van der Waals surface area contributed by atoms with Gasteiger partial charge in [-0.05, 0) is 48.9 Å². The Balaban J connectivity index is 1.70. The first-order valence-corrected chi connectivity index (χ1v) is 9.51. The third-order valence-corrected chi connectivity index (χ3v) is 5.33. The summed E-state index contributed by atoms with van der Waals surface area (Å²) in [4.78, 5) is 2.42. The van der Waals surface area contributed by atoms with Gasteiger partial charge in [0.15, 0.2) is 0 Å². The highest BCUT2D eigenvalue weighted by Crippen LogP contribution is 2.37. The van der Waals surface area contributed by atoms with Gasteiger partial charge >= 0.3 is 0 Å². The van der Waals surface area contributed by atoms with E-state index in [-0.39, 0.29) is 6.10 Å². The van der Waals surface area contributed by atoms with Gasteiger partial charge in [0.25, 0.3) is 0 Å². The lowest BCUT2D eigenvalue weighted by Crippen LogP contribution is -2.56. The standard InChI is InChI=1S/C22H21BrNO/c1-15(2)24-13-18(14-24)25-22-12-17(23)10-11-21(22)20-9-5-7-16-6-3-4-8-19(16)20/h3-8,10-12,15,18H,13-14H2,1-2H3. The first-order valence-electron chi connectivity index (χ1n) is 8.72. The van der Waals surface area contributed by atoms with Gasteiger partial charge in [0.2, 0.25) is 0 Å². The molecule has 0 spiro atoms. The number of hydrogen-bond donors (Lipinski definition) is 0. The monoisotopic (exact) mass is 394 g/mol. The van der Waals surface area contributed by atoms with E-state index in [1.165, 1.54) is 10.8 Å². The number of benzene rings is 3. The number of hydrogen-bond acceptors (Lipinski definition) is 2. The van der Waals surface area contributed by atoms with E-state index in [0.717, 1.165) is 34.4 Å². The van der Waals surface area contributed by atoms with Gasteiger partial charge in [-0.15, -0.1) is 0 Å². The fraction of sp³-hybridized carbons (Fsp3) is 0.273. The second-order valence-corrected chi connectivity index (χ2v) is 7.78. The molecule has 4 rings (SSSR count). The van der Waals surface area contributed by atoms with E-state index < -0.39 is 0 Å². The molecule has 1 radical (unpaired) electrons. The van der Waals surface area contributed by atoms with Crippen LogP contribution in [0.4, 0.5) is 0 Å². The van der Waals surface area contributed by atoms with Crippen LogP contribution in [-0.2, 0) is 0 Å². The van der Waals surface area contributed by atoms with Crippen molar-refractivity contribution in [1.82, 2.24) is 4.90 Å². The fourth-order valence-electron chi connectivity index (χ4n) is 3.33. The SMILES string of the molecule is CC(C)N1CC(Oc2cc(Br)ccc2-c2[c]ccc3ccccc23)C1. The second-order valence-electron chi connectivity index (χ2n) is 6.87. The number of fused-ring (bicyclic) bond motifs is 1. The van der Waals surface area contributed by atoms with Gasteiger partial charge in [-0.3, -0.25) is 4.90 Å². The first kappa shape index (κ1) is 16.6. The van der Waals surface area contributed by atoms with Gasteiger partial charge in [-0.1, -0.05) is 52.3 Å². The van der Waals surface area contributed by atoms with Crippen molar-refractivity contribution in [3.8, 4) is 16.9 Å². The molecule has 0 saturated carbocycles. The number of likely N-dealkylation sites (tertiary alicyclic amines) is 1. The quantitative estimate of drug-likeness (QED) is 0.575. The maximum absolute atomic E-state index is 6.35. The molecule has 3 aromatic rings. The molecule has 1 aliphatic heterocycles. The molecule has 3 aromatic carbocycles. The Morgan fingerprint density at radius 2 is 1.92 bits per heavy atom. The molecule has 2 nitrogen and oxygen atoms in total. The van der Waals surface area contributed by atoms with Gasteiger partial charge in [0.05, 0.1) is 0 Å². The predicted molar refractivity (Wildman–Crippen MR) is 107 cm³/mol. The summed E-state index contributed by atoms with van der Waals surface area (Å²) in [6.07, 6.45) is 0.255. The number of nitrogens with zero attached hydrogens (tertiary/aromatic N) is 1. The molecule has 0 amide bonds. The minimum atomic E-state index is 0.255. The van der Waals surface area contributed by atoms with Crippen LogP contribution in [0.2, 0.25) is 0 Å².